The Labute approximate surface area is 128 Å². The first kappa shape index (κ1) is 18.9. The number of carbonyl (C=O) groups is 1. The van der Waals surface area contributed by atoms with Gasteiger partial charge in [-0.25, -0.2) is 0 Å². The molecule has 3 nitrogen and oxygen atoms in total. The number of halogens is 1. The third kappa shape index (κ3) is 6.40. The smallest absolute Gasteiger partial charge is 0.224 e. The van der Waals surface area contributed by atoms with E-state index in [1.165, 1.54) is 5.56 Å². The summed E-state index contributed by atoms with van der Waals surface area (Å²) in [6.45, 7) is 9.43. The molecule has 2 N–H and O–H groups in total. The van der Waals surface area contributed by atoms with Gasteiger partial charge in [-0.1, -0.05) is 39.8 Å². The van der Waals surface area contributed by atoms with Gasteiger partial charge in [0.25, 0.3) is 0 Å². The van der Waals surface area contributed by atoms with Crippen molar-refractivity contribution < 1.29 is 4.79 Å². The van der Waals surface area contributed by atoms with Crippen LogP contribution in [0.25, 0.3) is 0 Å². The molecule has 0 aliphatic heterocycles. The zero-order valence-electron chi connectivity index (χ0n) is 13.1. The minimum atomic E-state index is 0. The second-order valence-electron chi connectivity index (χ2n) is 6.25. The van der Waals surface area contributed by atoms with Crippen LogP contribution >= 0.6 is 12.4 Å². The number of rotatable bonds is 5. The molecule has 0 bridgehead atoms. The van der Waals surface area contributed by atoms with Crippen molar-refractivity contribution >= 4 is 24.0 Å². The monoisotopic (exact) mass is 298 g/mol. The summed E-state index contributed by atoms with van der Waals surface area (Å²) >= 11 is 0. The molecule has 0 aliphatic carbocycles. The van der Waals surface area contributed by atoms with E-state index >= 15 is 0 Å². The van der Waals surface area contributed by atoms with Crippen molar-refractivity contribution in [3.8, 4) is 0 Å². The van der Waals surface area contributed by atoms with Gasteiger partial charge in [0.05, 0.1) is 0 Å². The number of hydrogen-bond acceptors (Lipinski definition) is 2. The van der Waals surface area contributed by atoms with Crippen LogP contribution in [0.4, 0.5) is 5.69 Å². The van der Waals surface area contributed by atoms with E-state index in [4.69, 9.17) is 0 Å². The number of hydrogen-bond donors (Lipinski definition) is 2. The van der Waals surface area contributed by atoms with Gasteiger partial charge in [-0.15, -0.1) is 12.4 Å². The van der Waals surface area contributed by atoms with Crippen molar-refractivity contribution in [1.82, 2.24) is 5.32 Å². The molecule has 1 atom stereocenters. The molecule has 0 aromatic heterocycles. The highest BCUT2D eigenvalue weighted by molar-refractivity contribution is 5.90. The molecule has 1 rings (SSSR count). The molecule has 1 unspecified atom stereocenters. The van der Waals surface area contributed by atoms with Crippen molar-refractivity contribution in [1.29, 1.82) is 0 Å². The molecule has 1 amide bonds. The Bertz CT molecular complexity index is 427. The van der Waals surface area contributed by atoms with E-state index in [2.05, 4.69) is 38.3 Å². The summed E-state index contributed by atoms with van der Waals surface area (Å²) < 4.78 is 0. The number of anilines is 1. The number of nitrogens with one attached hydrogen (secondary N) is 2. The first-order chi connectivity index (χ1) is 8.82. The van der Waals surface area contributed by atoms with E-state index in [0.717, 1.165) is 12.2 Å². The number of amides is 1. The molecule has 0 saturated heterocycles. The highest BCUT2D eigenvalue weighted by atomic mass is 35.5. The van der Waals surface area contributed by atoms with Crippen LogP contribution in [0.2, 0.25) is 0 Å². The number of benzene rings is 1. The Morgan fingerprint density at radius 3 is 2.50 bits per heavy atom. The molecule has 0 saturated carbocycles. The minimum absolute atomic E-state index is 0. The van der Waals surface area contributed by atoms with Crippen LogP contribution < -0.4 is 10.6 Å². The Kier molecular flexibility index (Phi) is 7.84. The zero-order valence-corrected chi connectivity index (χ0v) is 13.9. The lowest BCUT2D eigenvalue weighted by Crippen LogP contribution is -2.24. The average molecular weight is 299 g/mol. The first-order valence-corrected chi connectivity index (χ1v) is 6.86. The van der Waals surface area contributed by atoms with Gasteiger partial charge in [-0.05, 0) is 36.1 Å². The SMILES string of the molecule is CNCc1cccc(NC(=O)CC(C)C(C)(C)C)c1.Cl. The molecule has 0 spiro atoms. The van der Waals surface area contributed by atoms with Gasteiger partial charge in [0.2, 0.25) is 5.91 Å². The van der Waals surface area contributed by atoms with E-state index < -0.39 is 0 Å². The Hall–Kier alpha value is -1.06. The first-order valence-electron chi connectivity index (χ1n) is 6.86. The highest BCUT2D eigenvalue weighted by Gasteiger charge is 2.22. The normalized spacial score (nSPS) is 12.4. The van der Waals surface area contributed by atoms with Crippen LogP contribution in [-0.4, -0.2) is 13.0 Å². The standard InChI is InChI=1S/C16H26N2O.ClH/c1-12(16(2,3)4)9-15(19)18-14-8-6-7-13(10-14)11-17-5;/h6-8,10,12,17H,9,11H2,1-5H3,(H,18,19);1H. The molecule has 114 valence electrons. The molecule has 4 heteroatoms. The van der Waals surface area contributed by atoms with E-state index in [1.54, 1.807) is 0 Å². The molecule has 0 aliphatic rings. The summed E-state index contributed by atoms with van der Waals surface area (Å²) in [5.74, 6) is 0.442. The van der Waals surface area contributed by atoms with E-state index in [0.29, 0.717) is 12.3 Å². The fraction of sp³-hybridized carbons (Fsp3) is 0.562. The molecule has 0 fully saturated rings. The van der Waals surface area contributed by atoms with Crippen LogP contribution in [0.3, 0.4) is 0 Å². The minimum Gasteiger partial charge on any atom is -0.326 e. The largest absolute Gasteiger partial charge is 0.326 e. The summed E-state index contributed by atoms with van der Waals surface area (Å²) in [4.78, 5) is 12.0. The number of carbonyl (C=O) groups excluding carboxylic acids is 1. The molecular formula is C16H27ClN2O. The predicted molar refractivity (Wildman–Crippen MR) is 88.3 cm³/mol. The lowest BCUT2D eigenvalue weighted by Gasteiger charge is -2.26. The quantitative estimate of drug-likeness (QED) is 0.867. The second kappa shape index (κ2) is 8.28. The summed E-state index contributed by atoms with van der Waals surface area (Å²) in [7, 11) is 1.91. The van der Waals surface area contributed by atoms with Crippen molar-refractivity contribution in [2.24, 2.45) is 11.3 Å². The van der Waals surface area contributed by atoms with Crippen molar-refractivity contribution in [3.05, 3.63) is 29.8 Å². The average Bonchev–Trinajstić information content (AvgIpc) is 2.28. The fourth-order valence-electron chi connectivity index (χ4n) is 1.76. The summed E-state index contributed by atoms with van der Waals surface area (Å²) in [5, 5.41) is 6.08. The van der Waals surface area contributed by atoms with E-state index in [-0.39, 0.29) is 23.7 Å². The van der Waals surface area contributed by atoms with Crippen LogP contribution in [-0.2, 0) is 11.3 Å². The maximum Gasteiger partial charge on any atom is 0.224 e. The summed E-state index contributed by atoms with van der Waals surface area (Å²) in [6.07, 6.45) is 0.555. The van der Waals surface area contributed by atoms with E-state index in [1.807, 2.05) is 31.3 Å². The molecular weight excluding hydrogens is 272 g/mol. The Morgan fingerprint density at radius 2 is 1.95 bits per heavy atom. The Balaban J connectivity index is 0.00000361. The summed E-state index contributed by atoms with van der Waals surface area (Å²) in [6, 6.07) is 7.95. The lowest BCUT2D eigenvalue weighted by atomic mass is 9.80. The third-order valence-electron chi connectivity index (χ3n) is 3.56. The van der Waals surface area contributed by atoms with Gasteiger partial charge in [0.15, 0.2) is 0 Å². The highest BCUT2D eigenvalue weighted by Crippen LogP contribution is 2.28. The molecule has 1 aromatic rings. The fourth-order valence-corrected chi connectivity index (χ4v) is 1.76. The van der Waals surface area contributed by atoms with Crippen LogP contribution in [0.5, 0.6) is 0 Å². The van der Waals surface area contributed by atoms with Crippen molar-refractivity contribution in [3.63, 3.8) is 0 Å². The topological polar surface area (TPSA) is 41.1 Å². The van der Waals surface area contributed by atoms with Gasteiger partial charge in [0.1, 0.15) is 0 Å². The van der Waals surface area contributed by atoms with E-state index in [9.17, 15) is 4.79 Å². The van der Waals surface area contributed by atoms with Gasteiger partial charge >= 0.3 is 0 Å². The van der Waals surface area contributed by atoms with Gasteiger partial charge in [0, 0.05) is 18.7 Å². The van der Waals surface area contributed by atoms with Gasteiger partial charge in [-0.3, -0.25) is 4.79 Å². The van der Waals surface area contributed by atoms with Crippen LogP contribution in [0.1, 0.15) is 39.7 Å². The molecule has 0 heterocycles. The molecule has 1 aromatic carbocycles. The Morgan fingerprint density at radius 1 is 1.30 bits per heavy atom. The third-order valence-corrected chi connectivity index (χ3v) is 3.56. The molecule has 20 heavy (non-hydrogen) atoms. The lowest BCUT2D eigenvalue weighted by molar-refractivity contribution is -0.117. The maximum atomic E-state index is 12.0. The van der Waals surface area contributed by atoms with Gasteiger partial charge in [-0.2, -0.15) is 0 Å². The summed E-state index contributed by atoms with van der Waals surface area (Å²) in [5.41, 5.74) is 2.20. The molecule has 0 radical (unpaired) electrons. The van der Waals surface area contributed by atoms with Crippen LogP contribution in [0, 0.1) is 11.3 Å². The van der Waals surface area contributed by atoms with Gasteiger partial charge < -0.3 is 10.6 Å². The second-order valence-corrected chi connectivity index (χ2v) is 6.25. The van der Waals surface area contributed by atoms with Crippen molar-refractivity contribution in [2.75, 3.05) is 12.4 Å². The van der Waals surface area contributed by atoms with Crippen molar-refractivity contribution in [2.45, 2.75) is 40.7 Å². The zero-order chi connectivity index (χ0) is 14.5. The predicted octanol–water partition coefficient (Wildman–Crippen LogP) is 3.84. The maximum absolute atomic E-state index is 12.0. The van der Waals surface area contributed by atoms with Crippen LogP contribution in [0.15, 0.2) is 24.3 Å².